The minimum absolute atomic E-state index is 0.142. The van der Waals surface area contributed by atoms with Crippen LogP contribution in [0.1, 0.15) is 19.8 Å². The third kappa shape index (κ3) is 4.77. The molecule has 4 rings (SSSR count). The molecule has 1 saturated carbocycles. The van der Waals surface area contributed by atoms with E-state index in [-0.39, 0.29) is 12.4 Å². The summed E-state index contributed by atoms with van der Waals surface area (Å²) in [6.07, 6.45) is 0.946. The Bertz CT molecular complexity index is 1030. The second kappa shape index (κ2) is 7.98. The van der Waals surface area contributed by atoms with Crippen LogP contribution in [0.4, 0.5) is 9.18 Å². The average molecular weight is 400 g/mol. The van der Waals surface area contributed by atoms with Gasteiger partial charge in [-0.15, -0.1) is 0 Å². The van der Waals surface area contributed by atoms with E-state index in [1.54, 1.807) is 37.3 Å². The zero-order chi connectivity index (χ0) is 20.4. The molecule has 1 amide bonds. The second-order valence-electron chi connectivity index (χ2n) is 7.11. The largest absolute Gasteiger partial charge is 0.490 e. The summed E-state index contributed by atoms with van der Waals surface area (Å²) in [4.78, 5) is 15.1. The lowest BCUT2D eigenvalue weighted by Crippen LogP contribution is -2.25. The van der Waals surface area contributed by atoms with E-state index >= 15 is 0 Å². The Morgan fingerprint density at radius 3 is 2.83 bits per heavy atom. The maximum absolute atomic E-state index is 14.3. The first kappa shape index (κ1) is 19.0. The molecule has 29 heavy (non-hydrogen) atoms. The highest BCUT2D eigenvalue weighted by Gasteiger charge is 2.22. The van der Waals surface area contributed by atoms with Crippen molar-refractivity contribution in [1.29, 1.82) is 0 Å². The van der Waals surface area contributed by atoms with Crippen LogP contribution in [0, 0.1) is 11.7 Å². The number of primary amides is 1. The molecule has 1 aliphatic carbocycles. The van der Waals surface area contributed by atoms with Gasteiger partial charge in [0.2, 0.25) is 5.89 Å². The van der Waals surface area contributed by atoms with Gasteiger partial charge in [0.1, 0.15) is 24.0 Å². The van der Waals surface area contributed by atoms with Crippen LogP contribution in [0.5, 0.6) is 11.5 Å². The number of nitrogens with zero attached hydrogens (tertiary/aromatic N) is 1. The molecule has 1 heterocycles. The van der Waals surface area contributed by atoms with Crippen molar-refractivity contribution in [2.24, 2.45) is 11.7 Å². The van der Waals surface area contributed by atoms with Gasteiger partial charge in [-0.25, -0.2) is 14.2 Å². The van der Waals surface area contributed by atoms with Crippen molar-refractivity contribution in [2.45, 2.75) is 25.9 Å². The first-order chi connectivity index (χ1) is 14.0. The lowest BCUT2D eigenvalue weighted by Gasteiger charge is -2.12. The van der Waals surface area contributed by atoms with E-state index < -0.39 is 18.0 Å². The van der Waals surface area contributed by atoms with Crippen molar-refractivity contribution in [3.8, 4) is 23.0 Å². The van der Waals surface area contributed by atoms with Gasteiger partial charge in [-0.05, 0) is 56.0 Å². The van der Waals surface area contributed by atoms with Crippen LogP contribution in [0.3, 0.4) is 0 Å². The number of halogens is 1. The Morgan fingerprint density at radius 2 is 2.10 bits per heavy atom. The molecule has 1 aromatic heterocycles. The minimum Gasteiger partial charge on any atom is -0.490 e. The van der Waals surface area contributed by atoms with Crippen LogP contribution in [0.15, 0.2) is 40.8 Å². The third-order valence-electron chi connectivity index (χ3n) is 4.51. The third-order valence-corrected chi connectivity index (χ3v) is 4.51. The molecule has 1 atom stereocenters. The Morgan fingerprint density at radius 1 is 1.28 bits per heavy atom. The van der Waals surface area contributed by atoms with E-state index in [4.69, 9.17) is 24.4 Å². The van der Waals surface area contributed by atoms with Gasteiger partial charge in [-0.2, -0.15) is 0 Å². The number of rotatable bonds is 8. The molecule has 8 heteroatoms. The maximum atomic E-state index is 14.3. The predicted molar refractivity (Wildman–Crippen MR) is 103 cm³/mol. The monoisotopic (exact) mass is 400 g/mol. The first-order valence-corrected chi connectivity index (χ1v) is 9.40. The van der Waals surface area contributed by atoms with Gasteiger partial charge in [0, 0.05) is 11.6 Å². The summed E-state index contributed by atoms with van der Waals surface area (Å²) in [6.45, 7) is 2.36. The van der Waals surface area contributed by atoms with Crippen LogP contribution in [0.2, 0.25) is 0 Å². The summed E-state index contributed by atoms with van der Waals surface area (Å²) in [7, 11) is 0. The van der Waals surface area contributed by atoms with Crippen molar-refractivity contribution in [1.82, 2.24) is 4.98 Å². The highest BCUT2D eigenvalue weighted by molar-refractivity contribution is 5.77. The van der Waals surface area contributed by atoms with Gasteiger partial charge in [0.25, 0.3) is 0 Å². The lowest BCUT2D eigenvalue weighted by molar-refractivity contribution is 0.0823. The predicted octanol–water partition coefficient (Wildman–Crippen LogP) is 4.29. The van der Waals surface area contributed by atoms with Crippen molar-refractivity contribution in [3.63, 3.8) is 0 Å². The fraction of sp³-hybridized carbons (Fsp3) is 0.333. The maximum Gasteiger partial charge on any atom is 0.404 e. The highest BCUT2D eigenvalue weighted by atomic mass is 19.1. The summed E-state index contributed by atoms with van der Waals surface area (Å²) in [6, 6.07) is 9.80. The second-order valence-corrected chi connectivity index (χ2v) is 7.11. The molecule has 1 aliphatic rings. The minimum atomic E-state index is -0.854. The molecule has 2 aromatic carbocycles. The molecule has 0 unspecified atom stereocenters. The number of amides is 1. The number of fused-ring (bicyclic) bond motifs is 1. The number of benzene rings is 2. The van der Waals surface area contributed by atoms with E-state index in [1.807, 2.05) is 0 Å². The summed E-state index contributed by atoms with van der Waals surface area (Å²) in [5.74, 6) is 1.16. The van der Waals surface area contributed by atoms with Crippen molar-refractivity contribution < 1.29 is 27.8 Å². The van der Waals surface area contributed by atoms with Crippen LogP contribution < -0.4 is 15.2 Å². The molecule has 0 radical (unpaired) electrons. The summed E-state index contributed by atoms with van der Waals surface area (Å²) in [5, 5.41) is 0. The Balaban J connectivity index is 1.46. The van der Waals surface area contributed by atoms with Crippen LogP contribution >= 0.6 is 0 Å². The molecule has 152 valence electrons. The van der Waals surface area contributed by atoms with E-state index in [1.165, 1.54) is 6.07 Å². The van der Waals surface area contributed by atoms with E-state index in [0.29, 0.717) is 40.8 Å². The van der Waals surface area contributed by atoms with Crippen molar-refractivity contribution in [3.05, 3.63) is 42.2 Å². The van der Waals surface area contributed by atoms with Gasteiger partial charge in [0.05, 0.1) is 6.61 Å². The number of nitrogens with two attached hydrogens (primary N) is 1. The molecule has 0 aliphatic heterocycles. The van der Waals surface area contributed by atoms with E-state index in [0.717, 1.165) is 12.8 Å². The molecule has 7 nitrogen and oxygen atoms in total. The number of carbonyl (C=O) groups is 1. The number of carbonyl (C=O) groups excluding carboxylic acids is 1. The number of aromatic nitrogens is 1. The van der Waals surface area contributed by atoms with E-state index in [9.17, 15) is 9.18 Å². The average Bonchev–Trinajstić information content (AvgIpc) is 3.41. The fourth-order valence-corrected chi connectivity index (χ4v) is 2.81. The molecular weight excluding hydrogens is 379 g/mol. The lowest BCUT2D eigenvalue weighted by atomic mass is 10.2. The molecule has 1 fully saturated rings. The molecular formula is C21H21FN2O5. The number of oxazole rings is 1. The quantitative estimate of drug-likeness (QED) is 0.606. The van der Waals surface area contributed by atoms with E-state index in [2.05, 4.69) is 4.98 Å². The molecule has 0 saturated heterocycles. The summed E-state index contributed by atoms with van der Waals surface area (Å²) in [5.41, 5.74) is 6.60. The van der Waals surface area contributed by atoms with Gasteiger partial charge in [-0.1, -0.05) is 0 Å². The fourth-order valence-electron chi connectivity index (χ4n) is 2.81. The first-order valence-electron chi connectivity index (χ1n) is 9.40. The van der Waals surface area contributed by atoms with Crippen molar-refractivity contribution >= 4 is 17.2 Å². The van der Waals surface area contributed by atoms with Crippen LogP contribution in [-0.4, -0.2) is 30.4 Å². The number of hydrogen-bond acceptors (Lipinski definition) is 6. The molecule has 3 aromatic rings. The topological polar surface area (TPSA) is 96.8 Å². The smallest absolute Gasteiger partial charge is 0.404 e. The SMILES string of the molecule is C[C@@H](COc1ccc2nc(-c3ccc(OCC4CC4)c(F)c3)oc2c1)OC(N)=O. The van der Waals surface area contributed by atoms with Gasteiger partial charge in [0.15, 0.2) is 17.1 Å². The van der Waals surface area contributed by atoms with Gasteiger partial charge >= 0.3 is 6.09 Å². The molecule has 0 bridgehead atoms. The number of hydrogen-bond donors (Lipinski definition) is 1. The van der Waals surface area contributed by atoms with Crippen LogP contribution in [-0.2, 0) is 4.74 Å². The zero-order valence-electron chi connectivity index (χ0n) is 15.9. The van der Waals surface area contributed by atoms with Gasteiger partial charge in [-0.3, -0.25) is 0 Å². The summed E-state index contributed by atoms with van der Waals surface area (Å²) < 4.78 is 36.0. The van der Waals surface area contributed by atoms with Crippen molar-refractivity contribution in [2.75, 3.05) is 13.2 Å². The molecule has 0 spiro atoms. The Labute approximate surface area is 166 Å². The van der Waals surface area contributed by atoms with Gasteiger partial charge < -0.3 is 24.4 Å². The Kier molecular flexibility index (Phi) is 5.24. The zero-order valence-corrected chi connectivity index (χ0v) is 15.9. The number of ether oxygens (including phenoxy) is 3. The highest BCUT2D eigenvalue weighted by Crippen LogP contribution is 2.32. The molecule has 2 N–H and O–H groups in total. The van der Waals surface area contributed by atoms with Crippen LogP contribution in [0.25, 0.3) is 22.6 Å². The normalized spacial score (nSPS) is 14.6. The Hall–Kier alpha value is -3.29. The standard InChI is InChI=1S/C21H21FN2O5/c1-12(28-21(23)25)10-26-15-5-6-17-19(9-15)29-20(24-17)14-4-7-18(16(22)8-14)27-11-13-2-3-13/h4-9,12-13H,2-3,10-11H2,1H3,(H2,23,25)/t12-/m0/s1. The summed E-state index contributed by atoms with van der Waals surface area (Å²) >= 11 is 0.